The van der Waals surface area contributed by atoms with Crippen LogP contribution in [-0.4, -0.2) is 42.7 Å². The molecule has 1 amide bonds. The van der Waals surface area contributed by atoms with Crippen molar-refractivity contribution in [1.82, 2.24) is 10.2 Å². The van der Waals surface area contributed by atoms with Gasteiger partial charge in [-0.15, -0.1) is 0 Å². The number of hydrogen-bond donors (Lipinski definition) is 1. The zero-order valence-electron chi connectivity index (χ0n) is 11.9. The lowest BCUT2D eigenvalue weighted by molar-refractivity contribution is -0.201. The van der Waals surface area contributed by atoms with Crippen LogP contribution in [0.4, 0.5) is 13.2 Å². The fourth-order valence-corrected chi connectivity index (χ4v) is 3.53. The summed E-state index contributed by atoms with van der Waals surface area (Å²) in [4.78, 5) is 14.2. The smallest absolute Gasteiger partial charge is 0.338 e. The van der Waals surface area contributed by atoms with Gasteiger partial charge in [0.15, 0.2) is 0 Å². The molecule has 1 aliphatic heterocycles. The third kappa shape index (κ3) is 3.27. The Morgan fingerprint density at radius 2 is 1.95 bits per heavy atom. The molecule has 0 aromatic rings. The molecule has 1 heterocycles. The fourth-order valence-electron chi connectivity index (χ4n) is 3.53. The second kappa shape index (κ2) is 6.33. The Kier molecular flexibility index (Phi) is 4.94. The van der Waals surface area contributed by atoms with Gasteiger partial charge in [-0.3, -0.25) is 4.79 Å². The minimum Gasteiger partial charge on any atom is -0.338 e. The lowest BCUT2D eigenvalue weighted by atomic mass is 9.77. The van der Waals surface area contributed by atoms with Gasteiger partial charge in [-0.1, -0.05) is 12.8 Å². The van der Waals surface area contributed by atoms with Gasteiger partial charge in [-0.2, -0.15) is 13.2 Å². The molecule has 0 spiro atoms. The van der Waals surface area contributed by atoms with Crippen LogP contribution in [0.2, 0.25) is 0 Å². The lowest BCUT2D eigenvalue weighted by Crippen LogP contribution is -2.49. The molecule has 3 unspecified atom stereocenters. The summed E-state index contributed by atoms with van der Waals surface area (Å²) in [6.45, 7) is 3.87. The number of amides is 1. The maximum atomic E-state index is 13.1. The highest BCUT2D eigenvalue weighted by atomic mass is 19.4. The van der Waals surface area contributed by atoms with Crippen molar-refractivity contribution < 1.29 is 18.0 Å². The predicted octanol–water partition coefficient (Wildman–Crippen LogP) is 2.57. The Hall–Kier alpha value is -0.780. The van der Waals surface area contributed by atoms with E-state index in [-0.39, 0.29) is 18.4 Å². The van der Waals surface area contributed by atoms with Gasteiger partial charge in [-0.05, 0) is 32.7 Å². The molecule has 6 heteroatoms. The number of likely N-dealkylation sites (N-methyl/N-ethyl adjacent to an activating group) is 1. The van der Waals surface area contributed by atoms with Crippen molar-refractivity contribution in [2.24, 2.45) is 11.8 Å². The Labute approximate surface area is 117 Å². The standard InChI is InChI=1S/C14H23F3N2O/c1-2-19(10-7-8-18-9-10)13(20)11-5-3-4-6-12(11)14(15,16)17/h10-12,18H,2-9H2,1H3. The van der Waals surface area contributed by atoms with Crippen LogP contribution in [0, 0.1) is 11.8 Å². The van der Waals surface area contributed by atoms with Crippen molar-refractivity contribution in [3.05, 3.63) is 0 Å². The fraction of sp³-hybridized carbons (Fsp3) is 0.929. The van der Waals surface area contributed by atoms with Crippen molar-refractivity contribution in [3.63, 3.8) is 0 Å². The number of carbonyl (C=O) groups excluding carboxylic acids is 1. The third-order valence-corrected chi connectivity index (χ3v) is 4.60. The molecule has 0 radical (unpaired) electrons. The predicted molar refractivity (Wildman–Crippen MR) is 70.2 cm³/mol. The first-order valence-electron chi connectivity index (χ1n) is 7.53. The molecule has 2 fully saturated rings. The van der Waals surface area contributed by atoms with Crippen LogP contribution >= 0.6 is 0 Å². The molecule has 1 aliphatic carbocycles. The quantitative estimate of drug-likeness (QED) is 0.867. The van der Waals surface area contributed by atoms with E-state index in [1.165, 1.54) is 0 Å². The largest absolute Gasteiger partial charge is 0.392 e. The maximum Gasteiger partial charge on any atom is 0.392 e. The zero-order valence-corrected chi connectivity index (χ0v) is 11.9. The van der Waals surface area contributed by atoms with Crippen LogP contribution in [0.1, 0.15) is 39.0 Å². The van der Waals surface area contributed by atoms with E-state index in [0.29, 0.717) is 25.9 Å². The summed E-state index contributed by atoms with van der Waals surface area (Å²) in [6, 6.07) is 0.0586. The lowest BCUT2D eigenvalue weighted by Gasteiger charge is -2.37. The Morgan fingerprint density at radius 3 is 2.50 bits per heavy atom. The molecule has 20 heavy (non-hydrogen) atoms. The van der Waals surface area contributed by atoms with Crippen LogP contribution in [0.15, 0.2) is 0 Å². The van der Waals surface area contributed by atoms with Gasteiger partial charge in [0.05, 0.1) is 5.92 Å². The second-order valence-electron chi connectivity index (χ2n) is 5.81. The molecule has 1 saturated heterocycles. The monoisotopic (exact) mass is 292 g/mol. The van der Waals surface area contributed by atoms with Crippen molar-refractivity contribution in [2.75, 3.05) is 19.6 Å². The summed E-state index contributed by atoms with van der Waals surface area (Å²) in [5.41, 5.74) is 0. The van der Waals surface area contributed by atoms with Gasteiger partial charge in [0, 0.05) is 25.0 Å². The average Bonchev–Trinajstić information content (AvgIpc) is 2.92. The minimum atomic E-state index is -4.26. The van der Waals surface area contributed by atoms with E-state index < -0.39 is 18.0 Å². The van der Waals surface area contributed by atoms with Gasteiger partial charge in [0.2, 0.25) is 5.91 Å². The summed E-state index contributed by atoms with van der Waals surface area (Å²) >= 11 is 0. The van der Waals surface area contributed by atoms with Crippen LogP contribution in [0.3, 0.4) is 0 Å². The number of nitrogens with zero attached hydrogens (tertiary/aromatic N) is 1. The van der Waals surface area contributed by atoms with E-state index in [1.54, 1.807) is 4.90 Å². The molecule has 0 aromatic heterocycles. The summed E-state index contributed by atoms with van der Waals surface area (Å²) in [6.07, 6.45) is -1.65. The molecule has 2 aliphatic rings. The number of alkyl halides is 3. The molecule has 1 N–H and O–H groups in total. The molecular formula is C14H23F3N2O. The first-order valence-corrected chi connectivity index (χ1v) is 7.53. The number of hydrogen-bond acceptors (Lipinski definition) is 2. The van der Waals surface area contributed by atoms with E-state index in [2.05, 4.69) is 5.32 Å². The van der Waals surface area contributed by atoms with Crippen LogP contribution < -0.4 is 5.32 Å². The van der Waals surface area contributed by atoms with Crippen molar-refractivity contribution in [3.8, 4) is 0 Å². The van der Waals surface area contributed by atoms with Crippen molar-refractivity contribution in [1.29, 1.82) is 0 Å². The minimum absolute atomic E-state index is 0.0586. The van der Waals surface area contributed by atoms with Gasteiger partial charge < -0.3 is 10.2 Å². The van der Waals surface area contributed by atoms with Crippen LogP contribution in [-0.2, 0) is 4.79 Å². The highest BCUT2D eigenvalue weighted by Gasteiger charge is 2.49. The molecule has 116 valence electrons. The summed E-state index contributed by atoms with van der Waals surface area (Å²) < 4.78 is 39.3. The Balaban J connectivity index is 2.11. The molecule has 3 atom stereocenters. The average molecular weight is 292 g/mol. The van der Waals surface area contributed by atoms with E-state index >= 15 is 0 Å². The number of carbonyl (C=O) groups is 1. The molecule has 3 nitrogen and oxygen atoms in total. The first-order chi connectivity index (χ1) is 9.45. The summed E-state index contributed by atoms with van der Waals surface area (Å²) in [7, 11) is 0. The first kappa shape index (κ1) is 15.6. The van der Waals surface area contributed by atoms with E-state index in [1.807, 2.05) is 6.92 Å². The van der Waals surface area contributed by atoms with E-state index in [9.17, 15) is 18.0 Å². The van der Waals surface area contributed by atoms with Crippen LogP contribution in [0.25, 0.3) is 0 Å². The van der Waals surface area contributed by atoms with E-state index in [0.717, 1.165) is 19.4 Å². The number of halogens is 3. The summed E-state index contributed by atoms with van der Waals surface area (Å²) in [5.74, 6) is -2.61. The SMILES string of the molecule is CCN(C(=O)C1CCCCC1C(F)(F)F)C1CCNC1. The topological polar surface area (TPSA) is 32.3 Å². The zero-order chi connectivity index (χ0) is 14.8. The van der Waals surface area contributed by atoms with Gasteiger partial charge in [-0.25, -0.2) is 0 Å². The summed E-state index contributed by atoms with van der Waals surface area (Å²) in [5, 5.41) is 3.17. The van der Waals surface area contributed by atoms with Gasteiger partial charge >= 0.3 is 6.18 Å². The number of rotatable bonds is 3. The Bertz CT molecular complexity index is 340. The molecule has 2 rings (SSSR count). The molecular weight excluding hydrogens is 269 g/mol. The molecule has 0 aromatic carbocycles. The highest BCUT2D eigenvalue weighted by molar-refractivity contribution is 5.79. The van der Waals surface area contributed by atoms with Crippen molar-refractivity contribution >= 4 is 5.91 Å². The van der Waals surface area contributed by atoms with Crippen LogP contribution in [0.5, 0.6) is 0 Å². The molecule has 1 saturated carbocycles. The van der Waals surface area contributed by atoms with Crippen molar-refractivity contribution in [2.45, 2.75) is 51.2 Å². The third-order valence-electron chi connectivity index (χ3n) is 4.60. The Morgan fingerprint density at radius 1 is 1.25 bits per heavy atom. The van der Waals surface area contributed by atoms with Gasteiger partial charge in [0.1, 0.15) is 0 Å². The normalized spacial score (nSPS) is 31.3. The highest BCUT2D eigenvalue weighted by Crippen LogP contribution is 2.42. The van der Waals surface area contributed by atoms with E-state index in [4.69, 9.17) is 0 Å². The van der Waals surface area contributed by atoms with Gasteiger partial charge in [0.25, 0.3) is 0 Å². The second-order valence-corrected chi connectivity index (χ2v) is 5.81. The maximum absolute atomic E-state index is 13.1. The molecule has 0 bridgehead atoms. The number of nitrogens with one attached hydrogen (secondary N) is 1.